The highest BCUT2D eigenvalue weighted by Gasteiger charge is 2.35. The molecule has 0 radical (unpaired) electrons. The third-order valence-electron chi connectivity index (χ3n) is 6.30. The Morgan fingerprint density at radius 1 is 0.500 bits per heavy atom. The molecule has 0 aliphatic rings. The quantitative estimate of drug-likeness (QED) is 0.173. The number of rotatable bonds is 18. The van der Waals surface area contributed by atoms with Crippen molar-refractivity contribution in [2.24, 2.45) is 11.8 Å². The second kappa shape index (κ2) is 15.7. The monoisotopic (exact) mass is 510 g/mol. The van der Waals surface area contributed by atoms with Gasteiger partial charge in [0.15, 0.2) is 0 Å². The molecule has 0 aromatic rings. The minimum Gasteiger partial charge on any atom is -0.379 e. The first-order valence-corrected chi connectivity index (χ1v) is 14.5. The van der Waals surface area contributed by atoms with Gasteiger partial charge < -0.3 is 18.9 Å². The average molecular weight is 511 g/mol. The summed E-state index contributed by atoms with van der Waals surface area (Å²) in [6.07, 6.45) is 6.00. The molecule has 0 heterocycles. The molecule has 214 valence electrons. The molecule has 4 nitrogen and oxygen atoms in total. The van der Waals surface area contributed by atoms with E-state index in [1.165, 1.54) is 0 Å². The lowest BCUT2D eigenvalue weighted by atomic mass is 9.90. The highest BCUT2D eigenvalue weighted by atomic mass is 16.5. The molecule has 0 saturated carbocycles. The van der Waals surface area contributed by atoms with Crippen molar-refractivity contribution in [3.8, 4) is 11.8 Å². The van der Waals surface area contributed by atoms with Gasteiger partial charge in [-0.3, -0.25) is 0 Å². The fourth-order valence-corrected chi connectivity index (χ4v) is 4.07. The van der Waals surface area contributed by atoms with Gasteiger partial charge in [-0.1, -0.05) is 39.5 Å². The average Bonchev–Trinajstić information content (AvgIpc) is 2.68. The van der Waals surface area contributed by atoms with E-state index in [2.05, 4.69) is 109 Å². The Labute approximate surface area is 226 Å². The van der Waals surface area contributed by atoms with Crippen LogP contribution in [0.2, 0.25) is 0 Å². The summed E-state index contributed by atoms with van der Waals surface area (Å²) < 4.78 is 25.2. The van der Waals surface area contributed by atoms with E-state index in [1.807, 2.05) is 0 Å². The van der Waals surface area contributed by atoms with Crippen LogP contribution in [0.5, 0.6) is 0 Å². The fourth-order valence-electron chi connectivity index (χ4n) is 4.07. The van der Waals surface area contributed by atoms with Crippen molar-refractivity contribution in [1.82, 2.24) is 0 Å². The van der Waals surface area contributed by atoms with Crippen LogP contribution < -0.4 is 0 Å². The van der Waals surface area contributed by atoms with Crippen LogP contribution in [-0.2, 0) is 18.9 Å². The largest absolute Gasteiger partial charge is 0.379 e. The SMILES string of the molecule is CC(C)CCC(C)(C#CC(C)(CCC(C)C)OC(C)(C)CCOC(C)C)OC(C)(C)CCOC(C)C. The maximum Gasteiger partial charge on any atom is 0.126 e. The van der Waals surface area contributed by atoms with Gasteiger partial charge in [0.2, 0.25) is 0 Å². The van der Waals surface area contributed by atoms with Crippen molar-refractivity contribution in [3.63, 3.8) is 0 Å². The summed E-state index contributed by atoms with van der Waals surface area (Å²) in [6, 6.07) is 0. The van der Waals surface area contributed by atoms with Crippen LogP contribution in [-0.4, -0.2) is 47.8 Å². The van der Waals surface area contributed by atoms with E-state index in [1.54, 1.807) is 0 Å². The van der Waals surface area contributed by atoms with Crippen LogP contribution >= 0.6 is 0 Å². The molecule has 2 unspecified atom stereocenters. The third-order valence-corrected chi connectivity index (χ3v) is 6.30. The van der Waals surface area contributed by atoms with Gasteiger partial charge in [0, 0.05) is 13.2 Å². The molecule has 4 heteroatoms. The Bertz CT molecular complexity index is 599. The van der Waals surface area contributed by atoms with E-state index in [-0.39, 0.29) is 23.4 Å². The number of ether oxygens (including phenoxy) is 4. The topological polar surface area (TPSA) is 36.9 Å². The Hall–Kier alpha value is -0.600. The molecule has 0 rings (SSSR count). The van der Waals surface area contributed by atoms with Crippen molar-refractivity contribution in [2.75, 3.05) is 13.2 Å². The lowest BCUT2D eigenvalue weighted by Gasteiger charge is -2.38. The lowest BCUT2D eigenvalue weighted by molar-refractivity contribution is -0.125. The zero-order valence-corrected chi connectivity index (χ0v) is 26.6. The lowest BCUT2D eigenvalue weighted by Crippen LogP contribution is -2.42. The molecule has 0 spiro atoms. The van der Waals surface area contributed by atoms with Crippen LogP contribution in [0.4, 0.5) is 0 Å². The molecular weight excluding hydrogens is 448 g/mol. The van der Waals surface area contributed by atoms with Gasteiger partial charge in [0.25, 0.3) is 0 Å². The first kappa shape index (κ1) is 35.4. The van der Waals surface area contributed by atoms with E-state index in [9.17, 15) is 0 Å². The summed E-state index contributed by atoms with van der Waals surface area (Å²) in [4.78, 5) is 0. The highest BCUT2D eigenvalue weighted by Crippen LogP contribution is 2.32. The van der Waals surface area contributed by atoms with E-state index in [0.29, 0.717) is 25.0 Å². The van der Waals surface area contributed by atoms with Crippen LogP contribution in [0.15, 0.2) is 0 Å². The number of hydrogen-bond acceptors (Lipinski definition) is 4. The zero-order valence-electron chi connectivity index (χ0n) is 26.6. The summed E-state index contributed by atoms with van der Waals surface area (Å²) in [6.45, 7) is 31.6. The second-order valence-corrected chi connectivity index (χ2v) is 13.6. The Morgan fingerprint density at radius 2 is 0.806 bits per heavy atom. The summed E-state index contributed by atoms with van der Waals surface area (Å²) in [5.74, 6) is 8.37. The predicted octanol–water partition coefficient (Wildman–Crippen LogP) is 8.60. The van der Waals surface area contributed by atoms with E-state index >= 15 is 0 Å². The Kier molecular flexibility index (Phi) is 15.5. The fraction of sp³-hybridized carbons (Fsp3) is 0.938. The second-order valence-electron chi connectivity index (χ2n) is 13.6. The van der Waals surface area contributed by atoms with Crippen LogP contribution in [0.25, 0.3) is 0 Å². The van der Waals surface area contributed by atoms with Gasteiger partial charge in [-0.2, -0.15) is 0 Å². The molecule has 0 aliphatic carbocycles. The molecule has 0 amide bonds. The summed E-state index contributed by atoms with van der Waals surface area (Å²) in [5, 5.41) is 0. The molecule has 0 saturated heterocycles. The van der Waals surface area contributed by atoms with Crippen LogP contribution in [0.1, 0.15) is 135 Å². The molecule has 0 fully saturated rings. The first-order chi connectivity index (χ1) is 16.3. The molecular formula is C32H62O4. The third kappa shape index (κ3) is 17.8. The van der Waals surface area contributed by atoms with Gasteiger partial charge >= 0.3 is 0 Å². The van der Waals surface area contributed by atoms with Crippen molar-refractivity contribution in [1.29, 1.82) is 0 Å². The van der Waals surface area contributed by atoms with Crippen molar-refractivity contribution < 1.29 is 18.9 Å². The van der Waals surface area contributed by atoms with Gasteiger partial charge in [0.1, 0.15) is 11.2 Å². The van der Waals surface area contributed by atoms with E-state index < -0.39 is 11.2 Å². The standard InChI is InChI=1S/C32H62O4/c1-25(2)15-17-31(13,35-29(9,10)21-23-33-27(5)6)19-20-32(14,18-16-26(3)4)36-30(11,12)22-24-34-28(7)8/h25-28H,15-18,21-24H2,1-14H3. The van der Waals surface area contributed by atoms with E-state index in [4.69, 9.17) is 18.9 Å². The minimum atomic E-state index is -0.557. The van der Waals surface area contributed by atoms with E-state index in [0.717, 1.165) is 38.5 Å². The summed E-state index contributed by atoms with van der Waals surface area (Å²) >= 11 is 0. The zero-order chi connectivity index (χ0) is 28.2. The van der Waals surface area contributed by atoms with Crippen molar-refractivity contribution in [2.45, 2.75) is 170 Å². The van der Waals surface area contributed by atoms with Crippen LogP contribution in [0, 0.1) is 23.7 Å². The minimum absolute atomic E-state index is 0.223. The van der Waals surface area contributed by atoms with Gasteiger partial charge in [-0.15, -0.1) is 0 Å². The van der Waals surface area contributed by atoms with Gasteiger partial charge in [-0.25, -0.2) is 0 Å². The molecule has 2 atom stereocenters. The Balaban J connectivity index is 5.89. The van der Waals surface area contributed by atoms with Crippen molar-refractivity contribution in [3.05, 3.63) is 0 Å². The molecule has 0 aromatic carbocycles. The summed E-state index contributed by atoms with van der Waals surface area (Å²) in [5.41, 5.74) is -1.78. The normalized spacial score (nSPS) is 16.4. The smallest absolute Gasteiger partial charge is 0.126 e. The van der Waals surface area contributed by atoms with Crippen molar-refractivity contribution >= 4 is 0 Å². The maximum atomic E-state index is 6.77. The van der Waals surface area contributed by atoms with Gasteiger partial charge in [-0.05, 0) is 120 Å². The highest BCUT2D eigenvalue weighted by molar-refractivity contribution is 5.21. The molecule has 0 bridgehead atoms. The van der Waals surface area contributed by atoms with Crippen LogP contribution in [0.3, 0.4) is 0 Å². The molecule has 0 aromatic heterocycles. The molecule has 0 N–H and O–H groups in total. The predicted molar refractivity (Wildman–Crippen MR) is 154 cm³/mol. The number of hydrogen-bond donors (Lipinski definition) is 0. The summed E-state index contributed by atoms with van der Waals surface area (Å²) in [7, 11) is 0. The van der Waals surface area contributed by atoms with Gasteiger partial charge in [0.05, 0.1) is 23.4 Å². The Morgan fingerprint density at radius 3 is 1.06 bits per heavy atom. The first-order valence-electron chi connectivity index (χ1n) is 14.5. The maximum absolute atomic E-state index is 6.77. The molecule has 0 aliphatic heterocycles. The molecule has 36 heavy (non-hydrogen) atoms.